The minimum absolute atomic E-state index is 0.0593. The number of nitriles is 1. The van der Waals surface area contributed by atoms with Crippen molar-refractivity contribution in [1.82, 2.24) is 15.6 Å². The molecule has 4 aromatic rings. The lowest BCUT2D eigenvalue weighted by atomic mass is 10.1. The number of rotatable bonds is 8. The molecular weight excluding hydrogens is 524 g/mol. The van der Waals surface area contributed by atoms with Gasteiger partial charge >= 0.3 is 5.63 Å². The van der Waals surface area contributed by atoms with Gasteiger partial charge in [-0.2, -0.15) is 5.26 Å². The van der Waals surface area contributed by atoms with E-state index in [2.05, 4.69) is 27.0 Å². The molecule has 0 aliphatic heterocycles. The van der Waals surface area contributed by atoms with E-state index in [1.54, 1.807) is 6.07 Å². The van der Waals surface area contributed by atoms with Crippen LogP contribution < -0.4 is 27.3 Å². The van der Waals surface area contributed by atoms with Crippen LogP contribution in [0.25, 0.3) is 31.8 Å². The molecular formula is C26H22N6O6S. The van der Waals surface area contributed by atoms with E-state index in [0.717, 1.165) is 4.70 Å². The predicted molar refractivity (Wildman–Crippen MR) is 143 cm³/mol. The van der Waals surface area contributed by atoms with E-state index in [0.29, 0.717) is 15.9 Å². The molecule has 0 radical (unpaired) electrons. The first-order valence-corrected chi connectivity index (χ1v) is 12.4. The smallest absolute Gasteiger partial charge is 0.348 e. The number of hydrogen-bond donors (Lipinski definition) is 4. The van der Waals surface area contributed by atoms with E-state index in [1.807, 2.05) is 18.2 Å². The lowest BCUT2D eigenvalue weighted by Gasteiger charge is -2.19. The monoisotopic (exact) mass is 546 g/mol. The van der Waals surface area contributed by atoms with Crippen LogP contribution in [0, 0.1) is 11.3 Å². The molecule has 0 spiro atoms. The molecule has 0 fully saturated rings. The number of carbonyl (C=O) groups excluding carboxylic acids is 4. The molecule has 12 nitrogen and oxygen atoms in total. The Morgan fingerprint density at radius 2 is 1.87 bits per heavy atom. The number of fused-ring (bicyclic) bond motifs is 2. The highest BCUT2D eigenvalue weighted by molar-refractivity contribution is 7.21. The Morgan fingerprint density at radius 3 is 2.54 bits per heavy atom. The van der Waals surface area contributed by atoms with Gasteiger partial charge in [0.1, 0.15) is 34.3 Å². The number of aromatic nitrogens is 1. The molecule has 2 aromatic heterocycles. The zero-order chi connectivity index (χ0) is 28.3. The molecule has 2 aromatic carbocycles. The number of nitrogens with zero attached hydrogens (tertiary/aromatic N) is 2. The number of benzene rings is 2. The Bertz CT molecular complexity index is 1690. The van der Waals surface area contributed by atoms with Crippen molar-refractivity contribution in [3.63, 3.8) is 0 Å². The Morgan fingerprint density at radius 1 is 1.13 bits per heavy atom. The Hall–Kier alpha value is -5.09. The standard InChI is InChI=1S/C26H22N6O6S/c1-12(29-24(36)18(10-21(28)34)30-13(2)33)23(35)31-14-7-8-15-16(11-27)22(26(37)38-19(15)9-14)25-32-17-5-3-4-6-20(17)39-25/h3-9,12,18H,10H2,1-2H3,(H2,28,34)(H,29,36)(H,30,33)(H,31,35)/t12-,18+/m0/s1. The Labute approximate surface area is 224 Å². The third-order valence-electron chi connectivity index (χ3n) is 5.65. The Kier molecular flexibility index (Phi) is 7.68. The third kappa shape index (κ3) is 5.91. The minimum atomic E-state index is -1.24. The number of amides is 4. The molecule has 4 rings (SSSR count). The molecule has 13 heteroatoms. The van der Waals surface area contributed by atoms with Crippen molar-refractivity contribution in [3.8, 4) is 16.6 Å². The number of thiazole rings is 1. The average molecular weight is 547 g/mol. The molecule has 2 atom stereocenters. The summed E-state index contributed by atoms with van der Waals surface area (Å²) in [4.78, 5) is 65.1. The van der Waals surface area contributed by atoms with Crippen LogP contribution in [0.3, 0.4) is 0 Å². The number of nitrogens with one attached hydrogen (secondary N) is 3. The van der Waals surface area contributed by atoms with Gasteiger partial charge in [0.05, 0.1) is 22.2 Å². The van der Waals surface area contributed by atoms with Crippen LogP contribution in [0.1, 0.15) is 25.8 Å². The number of carbonyl (C=O) groups is 4. The maximum Gasteiger partial charge on any atom is 0.348 e. The number of hydrogen-bond acceptors (Lipinski definition) is 9. The molecule has 39 heavy (non-hydrogen) atoms. The summed E-state index contributed by atoms with van der Waals surface area (Å²) in [5.41, 5.74) is 5.54. The third-order valence-corrected chi connectivity index (χ3v) is 6.70. The largest absolute Gasteiger partial charge is 0.422 e. The van der Waals surface area contributed by atoms with Crippen LogP contribution >= 0.6 is 11.3 Å². The zero-order valence-corrected chi connectivity index (χ0v) is 21.5. The van der Waals surface area contributed by atoms with E-state index in [-0.39, 0.29) is 22.4 Å². The topological polar surface area (TPSA) is 197 Å². The first kappa shape index (κ1) is 27.0. The minimum Gasteiger partial charge on any atom is -0.422 e. The SMILES string of the molecule is CC(=O)N[C@H](CC(N)=O)C(=O)N[C@@H](C)C(=O)Nc1ccc2c(C#N)c(-c3nc4ccccc4s3)c(=O)oc2c1. The molecule has 0 saturated heterocycles. The van der Waals surface area contributed by atoms with Crippen LogP contribution in [0.2, 0.25) is 0 Å². The van der Waals surface area contributed by atoms with Crippen molar-refractivity contribution >= 4 is 61.8 Å². The van der Waals surface area contributed by atoms with Crippen molar-refractivity contribution < 1.29 is 23.6 Å². The number of nitrogens with two attached hydrogens (primary N) is 1. The van der Waals surface area contributed by atoms with E-state index >= 15 is 0 Å². The predicted octanol–water partition coefficient (Wildman–Crippen LogP) is 1.76. The summed E-state index contributed by atoms with van der Waals surface area (Å²) in [6, 6.07) is 11.5. The zero-order valence-electron chi connectivity index (χ0n) is 20.7. The molecule has 0 saturated carbocycles. The normalized spacial score (nSPS) is 12.3. The van der Waals surface area contributed by atoms with Crippen LogP contribution in [-0.2, 0) is 19.2 Å². The van der Waals surface area contributed by atoms with Crippen LogP contribution in [0.5, 0.6) is 0 Å². The van der Waals surface area contributed by atoms with Crippen LogP contribution in [-0.4, -0.2) is 40.7 Å². The summed E-state index contributed by atoms with van der Waals surface area (Å²) in [6.45, 7) is 2.58. The summed E-state index contributed by atoms with van der Waals surface area (Å²) < 4.78 is 6.35. The molecule has 0 aliphatic rings. The first-order chi connectivity index (χ1) is 18.6. The van der Waals surface area contributed by atoms with E-state index in [9.17, 15) is 29.2 Å². The van der Waals surface area contributed by atoms with E-state index in [4.69, 9.17) is 10.2 Å². The fourth-order valence-corrected chi connectivity index (χ4v) is 4.86. The van der Waals surface area contributed by atoms with E-state index < -0.39 is 47.8 Å². The van der Waals surface area contributed by atoms with E-state index in [1.165, 1.54) is 43.4 Å². The first-order valence-electron chi connectivity index (χ1n) is 11.6. The van der Waals surface area contributed by atoms with Crippen molar-refractivity contribution in [2.75, 3.05) is 5.32 Å². The lowest BCUT2D eigenvalue weighted by molar-refractivity contribution is -0.132. The summed E-state index contributed by atoms with van der Waals surface area (Å²) in [7, 11) is 0. The second kappa shape index (κ2) is 11.1. The van der Waals surface area contributed by atoms with Crippen molar-refractivity contribution in [3.05, 3.63) is 58.4 Å². The van der Waals surface area contributed by atoms with Gasteiger partial charge < -0.3 is 26.1 Å². The molecule has 2 heterocycles. The van der Waals surface area contributed by atoms with Crippen molar-refractivity contribution in [2.24, 2.45) is 5.73 Å². The van der Waals surface area contributed by atoms with Gasteiger partial charge in [-0.25, -0.2) is 9.78 Å². The van der Waals surface area contributed by atoms with Crippen molar-refractivity contribution in [1.29, 1.82) is 5.26 Å². The van der Waals surface area contributed by atoms with Gasteiger partial charge in [0.2, 0.25) is 23.6 Å². The second-order valence-corrected chi connectivity index (χ2v) is 9.62. The van der Waals surface area contributed by atoms with Gasteiger partial charge in [0.25, 0.3) is 0 Å². The molecule has 5 N–H and O–H groups in total. The molecule has 0 bridgehead atoms. The number of para-hydroxylation sites is 1. The maximum atomic E-state index is 12.9. The Balaban J connectivity index is 1.56. The highest BCUT2D eigenvalue weighted by Crippen LogP contribution is 2.33. The van der Waals surface area contributed by atoms with Crippen LogP contribution in [0.15, 0.2) is 51.7 Å². The van der Waals surface area contributed by atoms with Gasteiger partial charge in [-0.1, -0.05) is 12.1 Å². The molecule has 4 amide bonds. The van der Waals surface area contributed by atoms with Gasteiger partial charge in [-0.05, 0) is 31.2 Å². The molecule has 0 aliphatic carbocycles. The van der Waals surface area contributed by atoms with Crippen LogP contribution in [0.4, 0.5) is 5.69 Å². The summed E-state index contributed by atoms with van der Waals surface area (Å²) in [5.74, 6) is -2.75. The fourth-order valence-electron chi connectivity index (χ4n) is 3.85. The molecule has 0 unspecified atom stereocenters. The van der Waals surface area contributed by atoms with Gasteiger partial charge in [0.15, 0.2) is 0 Å². The number of anilines is 1. The van der Waals surface area contributed by atoms with Gasteiger partial charge in [-0.3, -0.25) is 19.2 Å². The average Bonchev–Trinajstić information content (AvgIpc) is 3.30. The van der Waals surface area contributed by atoms with Gasteiger partial charge in [0, 0.05) is 24.1 Å². The van der Waals surface area contributed by atoms with Gasteiger partial charge in [-0.15, -0.1) is 11.3 Å². The highest BCUT2D eigenvalue weighted by Gasteiger charge is 2.25. The fraction of sp³-hybridized carbons (Fsp3) is 0.192. The maximum absolute atomic E-state index is 12.9. The molecule has 198 valence electrons. The summed E-state index contributed by atoms with van der Waals surface area (Å²) in [5, 5.41) is 17.9. The highest BCUT2D eigenvalue weighted by atomic mass is 32.1. The summed E-state index contributed by atoms with van der Waals surface area (Å²) in [6.07, 6.45) is -0.441. The second-order valence-electron chi connectivity index (χ2n) is 8.59. The number of primary amides is 1. The quantitative estimate of drug-likeness (QED) is 0.240. The van der Waals surface area contributed by atoms with Crippen molar-refractivity contribution in [2.45, 2.75) is 32.4 Å². The summed E-state index contributed by atoms with van der Waals surface area (Å²) >= 11 is 1.27. The lowest BCUT2D eigenvalue weighted by Crippen LogP contribution is -2.52.